The van der Waals surface area contributed by atoms with Gasteiger partial charge in [0.05, 0.1) is 6.20 Å². The standard InChI is InChI=1S/C22H22N2O2/c1-22(2)15-24(14-19(22)16-9-5-3-6-10-16)21(25)18-13-23-26-20(18)17-11-7-4-8-12-17/h3-13,19H,14-15H2,1-2H3/t19-/m1/s1. The van der Waals surface area contributed by atoms with Crippen LogP contribution in [0.5, 0.6) is 0 Å². The first kappa shape index (κ1) is 16.6. The lowest BCUT2D eigenvalue weighted by molar-refractivity contribution is 0.0778. The summed E-state index contributed by atoms with van der Waals surface area (Å²) in [6.45, 7) is 5.87. The Morgan fingerprint density at radius 3 is 2.42 bits per heavy atom. The fraction of sp³-hybridized carbons (Fsp3) is 0.273. The van der Waals surface area contributed by atoms with Crippen LogP contribution in [0.15, 0.2) is 71.4 Å². The summed E-state index contributed by atoms with van der Waals surface area (Å²) < 4.78 is 5.40. The smallest absolute Gasteiger partial charge is 0.259 e. The maximum Gasteiger partial charge on any atom is 0.259 e. The Kier molecular flexibility index (Phi) is 4.11. The number of nitrogens with zero attached hydrogens (tertiary/aromatic N) is 2. The van der Waals surface area contributed by atoms with E-state index in [0.29, 0.717) is 30.3 Å². The molecule has 1 saturated heterocycles. The number of likely N-dealkylation sites (tertiary alicyclic amines) is 1. The number of hydrogen-bond acceptors (Lipinski definition) is 3. The molecule has 1 amide bonds. The Morgan fingerprint density at radius 2 is 1.73 bits per heavy atom. The van der Waals surface area contributed by atoms with Gasteiger partial charge >= 0.3 is 0 Å². The normalized spacial score (nSPS) is 18.8. The van der Waals surface area contributed by atoms with Crippen molar-refractivity contribution in [2.45, 2.75) is 19.8 Å². The molecule has 0 aliphatic carbocycles. The van der Waals surface area contributed by atoms with Gasteiger partial charge in [0.25, 0.3) is 5.91 Å². The van der Waals surface area contributed by atoms with Gasteiger partial charge in [-0.3, -0.25) is 4.79 Å². The fourth-order valence-corrected chi connectivity index (χ4v) is 3.89. The van der Waals surface area contributed by atoms with Crippen molar-refractivity contribution in [2.75, 3.05) is 13.1 Å². The van der Waals surface area contributed by atoms with Gasteiger partial charge in [0.15, 0.2) is 5.76 Å². The predicted molar refractivity (Wildman–Crippen MR) is 101 cm³/mol. The van der Waals surface area contributed by atoms with Gasteiger partial charge in [-0.05, 0) is 11.0 Å². The molecule has 4 heteroatoms. The van der Waals surface area contributed by atoms with Gasteiger partial charge in [-0.2, -0.15) is 0 Å². The summed E-state index contributed by atoms with van der Waals surface area (Å²) in [6, 6.07) is 20.1. The molecule has 2 aromatic carbocycles. The third-order valence-corrected chi connectivity index (χ3v) is 5.27. The number of hydrogen-bond donors (Lipinski definition) is 0. The summed E-state index contributed by atoms with van der Waals surface area (Å²) in [6.07, 6.45) is 1.54. The van der Waals surface area contributed by atoms with Crippen molar-refractivity contribution in [1.29, 1.82) is 0 Å². The second-order valence-electron chi connectivity index (χ2n) is 7.57. The van der Waals surface area contributed by atoms with Crippen molar-refractivity contribution in [2.24, 2.45) is 5.41 Å². The molecule has 0 unspecified atom stereocenters. The lowest BCUT2D eigenvalue weighted by Gasteiger charge is -2.25. The Balaban J connectivity index is 1.62. The zero-order valence-corrected chi connectivity index (χ0v) is 15.1. The van der Waals surface area contributed by atoms with Gasteiger partial charge in [-0.25, -0.2) is 0 Å². The molecule has 4 rings (SSSR count). The predicted octanol–water partition coefficient (Wildman–Crippen LogP) is 4.61. The molecule has 0 bridgehead atoms. The van der Waals surface area contributed by atoms with Crippen LogP contribution in [-0.2, 0) is 0 Å². The highest BCUT2D eigenvalue weighted by Crippen LogP contribution is 2.43. The van der Waals surface area contributed by atoms with E-state index in [1.165, 1.54) is 11.8 Å². The minimum Gasteiger partial charge on any atom is -0.355 e. The summed E-state index contributed by atoms with van der Waals surface area (Å²) in [7, 11) is 0. The number of carbonyl (C=O) groups is 1. The molecule has 0 spiro atoms. The topological polar surface area (TPSA) is 46.3 Å². The Bertz CT molecular complexity index is 900. The summed E-state index contributed by atoms with van der Waals surface area (Å²) >= 11 is 0. The maximum atomic E-state index is 13.2. The number of carbonyl (C=O) groups excluding carboxylic acids is 1. The van der Waals surface area contributed by atoms with Crippen LogP contribution in [0, 0.1) is 5.41 Å². The molecule has 1 aromatic heterocycles. The zero-order chi connectivity index (χ0) is 18.1. The first-order valence-electron chi connectivity index (χ1n) is 8.90. The maximum absolute atomic E-state index is 13.2. The fourth-order valence-electron chi connectivity index (χ4n) is 3.89. The number of amides is 1. The highest BCUT2D eigenvalue weighted by Gasteiger charge is 2.42. The second-order valence-corrected chi connectivity index (χ2v) is 7.57. The van der Waals surface area contributed by atoms with E-state index in [1.807, 2.05) is 41.3 Å². The molecule has 1 aliphatic heterocycles. The summed E-state index contributed by atoms with van der Waals surface area (Å²) in [5.74, 6) is 0.834. The lowest BCUT2D eigenvalue weighted by atomic mass is 9.78. The largest absolute Gasteiger partial charge is 0.355 e. The van der Waals surface area contributed by atoms with Crippen LogP contribution in [0.2, 0.25) is 0 Å². The molecule has 2 heterocycles. The number of benzene rings is 2. The average Bonchev–Trinajstić information content (AvgIpc) is 3.27. The van der Waals surface area contributed by atoms with Crippen molar-refractivity contribution in [1.82, 2.24) is 10.1 Å². The summed E-state index contributed by atoms with van der Waals surface area (Å²) in [5, 5.41) is 3.88. The van der Waals surface area contributed by atoms with Crippen molar-refractivity contribution < 1.29 is 9.32 Å². The van der Waals surface area contributed by atoms with Crippen LogP contribution in [0.25, 0.3) is 11.3 Å². The molecule has 1 fully saturated rings. The average molecular weight is 346 g/mol. The van der Waals surface area contributed by atoms with E-state index in [2.05, 4.69) is 43.3 Å². The number of rotatable bonds is 3. The second kappa shape index (κ2) is 6.45. The Labute approximate surface area is 153 Å². The van der Waals surface area contributed by atoms with Gasteiger partial charge in [0, 0.05) is 24.6 Å². The minimum atomic E-state index is -0.0170. The van der Waals surface area contributed by atoms with E-state index < -0.39 is 0 Å². The third-order valence-electron chi connectivity index (χ3n) is 5.27. The molecule has 1 atom stereocenters. The quantitative estimate of drug-likeness (QED) is 0.696. The SMILES string of the molecule is CC1(C)CN(C(=O)c2cnoc2-c2ccccc2)C[C@@H]1c1ccccc1. The van der Waals surface area contributed by atoms with E-state index >= 15 is 0 Å². The van der Waals surface area contributed by atoms with E-state index in [9.17, 15) is 4.79 Å². The van der Waals surface area contributed by atoms with Crippen molar-refractivity contribution in [3.63, 3.8) is 0 Å². The lowest BCUT2D eigenvalue weighted by Crippen LogP contribution is -2.30. The molecule has 0 saturated carbocycles. The van der Waals surface area contributed by atoms with Crippen LogP contribution in [0.3, 0.4) is 0 Å². The van der Waals surface area contributed by atoms with Gasteiger partial charge < -0.3 is 9.42 Å². The summed E-state index contributed by atoms with van der Waals surface area (Å²) in [5.41, 5.74) is 2.69. The van der Waals surface area contributed by atoms with E-state index in [1.54, 1.807) is 0 Å². The van der Waals surface area contributed by atoms with Crippen molar-refractivity contribution in [3.8, 4) is 11.3 Å². The molecule has 1 aliphatic rings. The van der Waals surface area contributed by atoms with Crippen molar-refractivity contribution in [3.05, 3.63) is 78.0 Å². The molecule has 4 nitrogen and oxygen atoms in total. The Morgan fingerprint density at radius 1 is 1.08 bits per heavy atom. The van der Waals surface area contributed by atoms with E-state index in [-0.39, 0.29) is 11.3 Å². The zero-order valence-electron chi connectivity index (χ0n) is 15.1. The molecular weight excluding hydrogens is 324 g/mol. The van der Waals surface area contributed by atoms with Crippen LogP contribution >= 0.6 is 0 Å². The molecule has 3 aromatic rings. The van der Waals surface area contributed by atoms with Crippen LogP contribution < -0.4 is 0 Å². The van der Waals surface area contributed by atoms with E-state index in [4.69, 9.17) is 4.52 Å². The van der Waals surface area contributed by atoms with E-state index in [0.717, 1.165) is 5.56 Å². The van der Waals surface area contributed by atoms with Gasteiger partial charge in [-0.1, -0.05) is 79.7 Å². The molecule has 0 radical (unpaired) electrons. The van der Waals surface area contributed by atoms with Gasteiger partial charge in [0.2, 0.25) is 0 Å². The van der Waals surface area contributed by atoms with Gasteiger partial charge in [0.1, 0.15) is 5.56 Å². The minimum absolute atomic E-state index is 0.0150. The number of aromatic nitrogens is 1. The van der Waals surface area contributed by atoms with Crippen LogP contribution in [0.4, 0.5) is 0 Å². The molecule has 0 N–H and O–H groups in total. The first-order chi connectivity index (χ1) is 12.6. The van der Waals surface area contributed by atoms with Crippen molar-refractivity contribution >= 4 is 5.91 Å². The van der Waals surface area contributed by atoms with Crippen LogP contribution in [-0.4, -0.2) is 29.1 Å². The molecule has 26 heavy (non-hydrogen) atoms. The summed E-state index contributed by atoms with van der Waals surface area (Å²) in [4.78, 5) is 15.1. The molecule has 132 valence electrons. The molecular formula is C22H22N2O2. The highest BCUT2D eigenvalue weighted by atomic mass is 16.5. The van der Waals surface area contributed by atoms with Gasteiger partial charge in [-0.15, -0.1) is 0 Å². The van der Waals surface area contributed by atoms with Crippen LogP contribution in [0.1, 0.15) is 35.7 Å². The Hall–Kier alpha value is -2.88. The highest BCUT2D eigenvalue weighted by molar-refractivity contribution is 5.99. The first-order valence-corrected chi connectivity index (χ1v) is 8.90. The monoisotopic (exact) mass is 346 g/mol. The third kappa shape index (κ3) is 2.92.